The number of nitrogens with two attached hydrogens (primary N) is 2. The van der Waals surface area contributed by atoms with Crippen molar-refractivity contribution in [3.05, 3.63) is 34.6 Å². The molecule has 0 aromatic carbocycles. The summed E-state index contributed by atoms with van der Waals surface area (Å²) in [5, 5.41) is 26.9. The standard InChI is InChI=1S/C22H24N8O7S3/c1-3-11(19(33)34)37-28-13(10-8-39-21(24)25-10)16(31)27-14-17(32)30-15(20(35)36)9(6-38-18(14)30)7-40-22-26-12(23)4-5-29(22)2/h4-5,8,11,14,18,23H,3,6-7H2,1-2H3,(H5,24,25,27,31,33,34,35,36)/p+1/b28-13-/t11-,14?,18+/m0/s1. The van der Waals surface area contributed by atoms with Crippen LogP contribution in [0.15, 0.2) is 39.2 Å². The van der Waals surface area contributed by atoms with E-state index in [1.54, 1.807) is 30.8 Å². The maximum Gasteiger partial charge on any atom is 0.361 e. The number of nitrogens with one attached hydrogen (secondary N) is 1. The van der Waals surface area contributed by atoms with Gasteiger partial charge >= 0.3 is 17.1 Å². The molecule has 2 aliphatic heterocycles. The van der Waals surface area contributed by atoms with E-state index in [2.05, 4.69) is 20.4 Å². The molecule has 0 spiro atoms. The van der Waals surface area contributed by atoms with Gasteiger partial charge in [0.25, 0.3) is 11.8 Å². The first-order chi connectivity index (χ1) is 19.0. The lowest BCUT2D eigenvalue weighted by atomic mass is 10.0. The Morgan fingerprint density at radius 3 is 2.73 bits per heavy atom. The second-order valence-corrected chi connectivity index (χ2v) is 11.4. The van der Waals surface area contributed by atoms with Gasteiger partial charge in [-0.25, -0.2) is 19.1 Å². The van der Waals surface area contributed by atoms with Crippen molar-refractivity contribution < 1.29 is 38.8 Å². The lowest BCUT2D eigenvalue weighted by Crippen LogP contribution is -2.71. The van der Waals surface area contributed by atoms with Crippen molar-refractivity contribution >= 4 is 75.3 Å². The highest BCUT2D eigenvalue weighted by Gasteiger charge is 2.54. The number of carboxylic acid groups (broad SMARTS) is 2. The van der Waals surface area contributed by atoms with Gasteiger partial charge in [0, 0.05) is 23.0 Å². The van der Waals surface area contributed by atoms with Crippen LogP contribution < -0.4 is 21.4 Å². The zero-order valence-corrected chi connectivity index (χ0v) is 23.6. The number of hydrogen-bond acceptors (Lipinski definition) is 13. The number of carboxylic acids is 2. The van der Waals surface area contributed by atoms with Crippen molar-refractivity contribution in [1.82, 2.24) is 20.2 Å². The van der Waals surface area contributed by atoms with Crippen LogP contribution in [-0.4, -0.2) is 83.6 Å². The van der Waals surface area contributed by atoms with Crippen molar-refractivity contribution in [2.24, 2.45) is 12.2 Å². The van der Waals surface area contributed by atoms with Crippen molar-refractivity contribution in [3.8, 4) is 0 Å². The van der Waals surface area contributed by atoms with E-state index >= 15 is 0 Å². The van der Waals surface area contributed by atoms with Crippen molar-refractivity contribution in [1.29, 1.82) is 0 Å². The third-order valence-corrected chi connectivity index (χ3v) is 8.95. The maximum absolute atomic E-state index is 13.2. The minimum absolute atomic E-state index is 0.0360. The number of anilines is 2. The average molecular weight is 610 g/mol. The lowest BCUT2D eigenvalue weighted by molar-refractivity contribution is -0.713. The van der Waals surface area contributed by atoms with Gasteiger partial charge in [-0.15, -0.1) is 23.1 Å². The molecule has 0 saturated carbocycles. The molecule has 212 valence electrons. The first-order valence-corrected chi connectivity index (χ1v) is 14.6. The topological polar surface area (TPSA) is 227 Å². The van der Waals surface area contributed by atoms with E-state index in [1.165, 1.54) is 28.9 Å². The minimum atomic E-state index is -1.31. The summed E-state index contributed by atoms with van der Waals surface area (Å²) < 4.78 is 1.75. The number of β-lactam (4-membered cyclic amide) rings is 1. The van der Waals surface area contributed by atoms with Crippen molar-refractivity contribution in [2.75, 3.05) is 23.0 Å². The number of nitrogens with zero attached hydrogens (tertiary/aromatic N) is 5. The van der Waals surface area contributed by atoms with Gasteiger partial charge < -0.3 is 31.8 Å². The molecule has 0 bridgehead atoms. The van der Waals surface area contributed by atoms with E-state index in [4.69, 9.17) is 16.3 Å². The zero-order valence-electron chi connectivity index (χ0n) is 21.1. The number of carbonyl (C=O) groups excluding carboxylic acids is 2. The number of thiazole rings is 1. The van der Waals surface area contributed by atoms with E-state index in [9.17, 15) is 29.4 Å². The molecule has 2 amide bonds. The Kier molecular flexibility index (Phi) is 8.79. The summed E-state index contributed by atoms with van der Waals surface area (Å²) in [4.78, 5) is 64.2. The number of rotatable bonds is 11. The fourth-order valence-corrected chi connectivity index (χ4v) is 6.78. The Bertz CT molecular complexity index is 1430. The minimum Gasteiger partial charge on any atom is -0.478 e. The molecule has 1 saturated heterocycles. The highest BCUT2D eigenvalue weighted by molar-refractivity contribution is 8.01. The molecule has 4 heterocycles. The van der Waals surface area contributed by atoms with Gasteiger partial charge in [0.1, 0.15) is 22.8 Å². The normalized spacial score (nSPS) is 19.5. The van der Waals surface area contributed by atoms with Crippen LogP contribution >= 0.6 is 34.9 Å². The molecule has 2 aliphatic rings. The summed E-state index contributed by atoms with van der Waals surface area (Å²) in [6.45, 7) is 1.57. The van der Waals surface area contributed by atoms with Gasteiger partial charge in [-0.1, -0.05) is 12.1 Å². The fraction of sp³-hybridized carbons (Fsp3) is 0.364. The summed E-state index contributed by atoms with van der Waals surface area (Å²) in [5.74, 6) is -3.13. The van der Waals surface area contributed by atoms with E-state index < -0.39 is 41.3 Å². The van der Waals surface area contributed by atoms with Crippen LogP contribution in [0.2, 0.25) is 0 Å². The summed E-state index contributed by atoms with van der Waals surface area (Å²) in [7, 11) is 1.78. The number of aromatic nitrogens is 3. The summed E-state index contributed by atoms with van der Waals surface area (Å²) >= 11 is 3.61. The molecule has 2 aromatic rings. The lowest BCUT2D eigenvalue weighted by Gasteiger charge is -2.49. The smallest absolute Gasteiger partial charge is 0.361 e. The highest BCUT2D eigenvalue weighted by Crippen LogP contribution is 2.41. The molecule has 18 heteroatoms. The van der Waals surface area contributed by atoms with E-state index in [-0.39, 0.29) is 34.4 Å². The maximum atomic E-state index is 13.2. The van der Waals surface area contributed by atoms with Crippen LogP contribution in [0, 0.1) is 0 Å². The molecule has 0 radical (unpaired) electrons. The number of nitrogen functional groups attached to an aromatic ring is 2. The number of hydrogen-bond donors (Lipinski definition) is 5. The first-order valence-electron chi connectivity index (χ1n) is 11.7. The molecule has 1 fully saturated rings. The number of thioether (sulfide) groups is 2. The quantitative estimate of drug-likeness (QED) is 0.0548. The summed E-state index contributed by atoms with van der Waals surface area (Å²) in [5.41, 5.74) is 11.5. The average Bonchev–Trinajstić information content (AvgIpc) is 3.34. The highest BCUT2D eigenvalue weighted by atomic mass is 32.2. The van der Waals surface area contributed by atoms with E-state index in [1.807, 2.05) is 0 Å². The molecule has 4 rings (SSSR count). The van der Waals surface area contributed by atoms with Crippen LogP contribution in [0.3, 0.4) is 0 Å². The Morgan fingerprint density at radius 2 is 2.10 bits per heavy atom. The Hall–Kier alpha value is -3.90. The summed E-state index contributed by atoms with van der Waals surface area (Å²) in [6, 6.07) is 0.581. The molecule has 3 atom stereocenters. The molecule has 40 heavy (non-hydrogen) atoms. The molecule has 1 unspecified atom stereocenters. The number of oxime groups is 1. The predicted octanol–water partition coefficient (Wildman–Crippen LogP) is -0.358. The third-order valence-electron chi connectivity index (χ3n) is 5.80. The Labute approximate surface area is 239 Å². The molecule has 7 N–H and O–H groups in total. The van der Waals surface area contributed by atoms with Crippen LogP contribution in [0.5, 0.6) is 0 Å². The van der Waals surface area contributed by atoms with Gasteiger partial charge in [0.15, 0.2) is 10.8 Å². The third kappa shape index (κ3) is 5.97. The molecule has 2 aromatic heterocycles. The van der Waals surface area contributed by atoms with E-state index in [0.29, 0.717) is 22.3 Å². The van der Waals surface area contributed by atoms with Gasteiger partial charge in [-0.3, -0.25) is 14.5 Å². The van der Waals surface area contributed by atoms with Crippen LogP contribution in [0.4, 0.5) is 10.9 Å². The number of fused-ring (bicyclic) bond motifs is 1. The largest absolute Gasteiger partial charge is 0.478 e. The second kappa shape index (κ2) is 12.1. The fourth-order valence-electron chi connectivity index (χ4n) is 3.78. The number of aryl methyl sites for hydroxylation is 1. The molecule has 15 nitrogen and oxygen atoms in total. The first kappa shape index (κ1) is 29.1. The molecular weight excluding hydrogens is 584 g/mol. The Balaban J connectivity index is 1.52. The van der Waals surface area contributed by atoms with Gasteiger partial charge in [0.2, 0.25) is 11.9 Å². The molecule has 0 aliphatic carbocycles. The van der Waals surface area contributed by atoms with Crippen LogP contribution in [-0.2, 0) is 31.1 Å². The van der Waals surface area contributed by atoms with Crippen molar-refractivity contribution in [3.63, 3.8) is 0 Å². The Morgan fingerprint density at radius 1 is 1.35 bits per heavy atom. The number of carbonyl (C=O) groups is 4. The van der Waals surface area contributed by atoms with Gasteiger partial charge in [0.05, 0.1) is 13.2 Å². The van der Waals surface area contributed by atoms with Crippen LogP contribution in [0.1, 0.15) is 19.0 Å². The predicted molar refractivity (Wildman–Crippen MR) is 146 cm³/mol. The second-order valence-electron chi connectivity index (χ2n) is 8.50. The van der Waals surface area contributed by atoms with E-state index in [0.717, 1.165) is 16.2 Å². The van der Waals surface area contributed by atoms with Crippen molar-refractivity contribution in [2.45, 2.75) is 36.0 Å². The van der Waals surface area contributed by atoms with Crippen LogP contribution in [0.25, 0.3) is 0 Å². The van der Waals surface area contributed by atoms with Gasteiger partial charge in [-0.05, 0) is 28.7 Å². The zero-order chi connectivity index (χ0) is 29.1. The molecular formula is C22H25N8O7S3+. The SMILES string of the molecule is CC[C@H](O/N=C(\C(=O)NC1C(=O)N2C(C(=O)O)=C(CSc3nc(N)cc[n+]3C)CS[C@H]12)c1csc(N)n1)C(=O)O. The number of aliphatic carboxylic acids is 2. The van der Waals surface area contributed by atoms with Gasteiger partial charge in [-0.2, -0.15) is 0 Å². The number of amides is 2. The monoisotopic (exact) mass is 609 g/mol. The summed E-state index contributed by atoms with van der Waals surface area (Å²) in [6.07, 6.45) is 0.512.